The maximum absolute atomic E-state index is 8.22. The Morgan fingerprint density at radius 3 is 2.41 bits per heavy atom. The first-order valence-corrected chi connectivity index (χ1v) is 11.6. The minimum atomic E-state index is 0.380. The van der Waals surface area contributed by atoms with Gasteiger partial charge in [-0.1, -0.05) is 82.3 Å². The summed E-state index contributed by atoms with van der Waals surface area (Å²) in [7, 11) is 0. The van der Waals surface area contributed by atoms with Gasteiger partial charge >= 0.3 is 0 Å². The standard InChI is InChI=1S/C21H23N3S.C4H8O.C2H6/c1-5-14(3)12-15(4)20-22-23-21(25)24(20)19-9-7-8-17-13-16(6-2)10-11-18(17)19;1-3-4(2)5;1-2/h7-13H,3,5-6H2,1-2,4H3,(H,23,25);3,5H,1-2H3;1-2H3/b15-12+;4-3+;. The van der Waals surface area contributed by atoms with Gasteiger partial charge < -0.3 is 5.11 Å². The average Bonchev–Trinajstić information content (AvgIpc) is 3.20. The van der Waals surface area contributed by atoms with Crippen LogP contribution < -0.4 is 0 Å². The molecule has 3 rings (SSSR count). The predicted molar refractivity (Wildman–Crippen MR) is 142 cm³/mol. The van der Waals surface area contributed by atoms with Crippen molar-refractivity contribution in [1.29, 1.82) is 0 Å². The van der Waals surface area contributed by atoms with Crippen LogP contribution in [0.25, 0.3) is 22.0 Å². The largest absolute Gasteiger partial charge is 0.513 e. The maximum Gasteiger partial charge on any atom is 0.200 e. The highest BCUT2D eigenvalue weighted by molar-refractivity contribution is 7.71. The molecule has 0 saturated heterocycles. The van der Waals surface area contributed by atoms with Crippen LogP contribution in [-0.2, 0) is 6.42 Å². The first-order valence-electron chi connectivity index (χ1n) is 11.2. The number of nitrogens with zero attached hydrogens (tertiary/aromatic N) is 2. The summed E-state index contributed by atoms with van der Waals surface area (Å²) in [5.41, 5.74) is 4.49. The van der Waals surface area contributed by atoms with Gasteiger partial charge in [0.05, 0.1) is 11.4 Å². The van der Waals surface area contributed by atoms with Gasteiger partial charge in [-0.2, -0.15) is 5.10 Å². The van der Waals surface area contributed by atoms with Crippen LogP contribution in [0, 0.1) is 4.77 Å². The maximum atomic E-state index is 8.22. The molecule has 0 aliphatic rings. The van der Waals surface area contributed by atoms with E-state index < -0.39 is 0 Å². The fraction of sp³-hybridized carbons (Fsp3) is 0.333. The Hall–Kier alpha value is -2.92. The van der Waals surface area contributed by atoms with Gasteiger partial charge in [0.15, 0.2) is 10.6 Å². The number of hydrogen-bond donors (Lipinski definition) is 2. The van der Waals surface area contributed by atoms with Gasteiger partial charge in [-0.05, 0) is 68.4 Å². The van der Waals surface area contributed by atoms with Crippen LogP contribution in [0.4, 0.5) is 0 Å². The van der Waals surface area contributed by atoms with Crippen LogP contribution in [0.15, 0.2) is 66.5 Å². The molecule has 0 atom stereocenters. The number of aromatic nitrogens is 3. The number of fused-ring (bicyclic) bond motifs is 1. The monoisotopic (exact) mass is 451 g/mol. The smallest absolute Gasteiger partial charge is 0.200 e. The summed E-state index contributed by atoms with van der Waals surface area (Å²) in [6.07, 6.45) is 5.65. The zero-order valence-corrected chi connectivity index (χ0v) is 21.3. The molecule has 0 aliphatic carbocycles. The van der Waals surface area contributed by atoms with Gasteiger partial charge in [0.1, 0.15) is 0 Å². The van der Waals surface area contributed by atoms with Crippen LogP contribution in [0.2, 0.25) is 0 Å². The Morgan fingerprint density at radius 1 is 1.19 bits per heavy atom. The van der Waals surface area contributed by atoms with E-state index in [4.69, 9.17) is 17.3 Å². The second-order valence-electron chi connectivity index (χ2n) is 7.14. The highest BCUT2D eigenvalue weighted by atomic mass is 32.1. The fourth-order valence-electron chi connectivity index (χ4n) is 2.99. The van der Waals surface area contributed by atoms with Crippen LogP contribution in [0.5, 0.6) is 0 Å². The minimum absolute atomic E-state index is 0.380. The molecule has 172 valence electrons. The van der Waals surface area contributed by atoms with Crippen LogP contribution in [0.3, 0.4) is 0 Å². The van der Waals surface area contributed by atoms with Crippen molar-refractivity contribution in [2.75, 3.05) is 0 Å². The summed E-state index contributed by atoms with van der Waals surface area (Å²) in [6.45, 7) is 17.8. The quantitative estimate of drug-likeness (QED) is 0.232. The van der Waals surface area contributed by atoms with E-state index in [-0.39, 0.29) is 0 Å². The van der Waals surface area contributed by atoms with Crippen molar-refractivity contribution in [3.8, 4) is 5.69 Å². The molecular weight excluding hydrogens is 414 g/mol. The molecule has 0 aliphatic heterocycles. The third kappa shape index (κ3) is 7.06. The summed E-state index contributed by atoms with van der Waals surface area (Å²) < 4.78 is 2.61. The van der Waals surface area contributed by atoms with Crippen LogP contribution in [-0.4, -0.2) is 19.9 Å². The zero-order chi connectivity index (χ0) is 24.3. The number of aryl methyl sites for hydroxylation is 1. The number of aliphatic hydroxyl groups is 1. The Balaban J connectivity index is 0.000000646. The van der Waals surface area contributed by atoms with Gasteiger partial charge in [0.2, 0.25) is 0 Å². The molecule has 0 saturated carbocycles. The molecule has 1 heterocycles. The Labute approximate surface area is 198 Å². The number of rotatable bonds is 5. The number of aliphatic hydroxyl groups excluding tert-OH is 1. The number of H-pyrrole nitrogens is 1. The third-order valence-corrected chi connectivity index (χ3v) is 5.16. The molecule has 0 fully saturated rings. The fourth-order valence-corrected chi connectivity index (χ4v) is 3.22. The highest BCUT2D eigenvalue weighted by Crippen LogP contribution is 2.27. The van der Waals surface area contributed by atoms with Crippen molar-refractivity contribution in [3.63, 3.8) is 0 Å². The average molecular weight is 452 g/mol. The molecule has 0 spiro atoms. The molecule has 1 aromatic heterocycles. The van der Waals surface area contributed by atoms with Crippen LogP contribution >= 0.6 is 12.2 Å². The lowest BCUT2D eigenvalue weighted by Gasteiger charge is -2.12. The van der Waals surface area contributed by atoms with Crippen molar-refractivity contribution in [2.45, 2.75) is 61.3 Å². The molecule has 3 aromatic rings. The lowest BCUT2D eigenvalue weighted by atomic mass is 10.0. The topological polar surface area (TPSA) is 53.8 Å². The zero-order valence-electron chi connectivity index (χ0n) is 20.5. The highest BCUT2D eigenvalue weighted by Gasteiger charge is 2.13. The second-order valence-corrected chi connectivity index (χ2v) is 7.53. The Morgan fingerprint density at radius 2 is 1.84 bits per heavy atom. The summed E-state index contributed by atoms with van der Waals surface area (Å²) >= 11 is 5.52. The summed E-state index contributed by atoms with van der Waals surface area (Å²) in [6, 6.07) is 12.9. The first kappa shape index (κ1) is 27.1. The molecule has 0 bridgehead atoms. The molecule has 2 aromatic carbocycles. The SMILES string of the molecule is C/C=C(\C)O.C=C(/C=C(\C)c1n[nH]c(=S)n1-c1cccc2cc(CC)ccc12)CC.CC. The van der Waals surface area contributed by atoms with Gasteiger partial charge in [-0.15, -0.1) is 0 Å². The van der Waals surface area contributed by atoms with Crippen molar-refractivity contribution in [1.82, 2.24) is 14.8 Å². The van der Waals surface area contributed by atoms with E-state index in [9.17, 15) is 0 Å². The van der Waals surface area contributed by atoms with Gasteiger partial charge in [0.25, 0.3) is 0 Å². The molecule has 2 N–H and O–H groups in total. The third-order valence-electron chi connectivity index (χ3n) is 4.89. The molecule has 0 unspecified atom stereocenters. The lowest BCUT2D eigenvalue weighted by molar-refractivity contribution is 0.413. The summed E-state index contributed by atoms with van der Waals surface area (Å²) in [5, 5.41) is 18.0. The number of benzene rings is 2. The predicted octanol–water partition coefficient (Wildman–Crippen LogP) is 8.51. The van der Waals surface area contributed by atoms with E-state index in [1.54, 1.807) is 19.9 Å². The van der Waals surface area contributed by atoms with Crippen LogP contribution in [0.1, 0.15) is 66.3 Å². The van der Waals surface area contributed by atoms with E-state index in [0.717, 1.165) is 35.5 Å². The number of aromatic amines is 1. The number of hydrogen-bond acceptors (Lipinski definition) is 3. The van der Waals surface area contributed by atoms with E-state index in [1.165, 1.54) is 16.3 Å². The molecule has 4 nitrogen and oxygen atoms in total. The first-order chi connectivity index (χ1) is 15.3. The minimum Gasteiger partial charge on any atom is -0.513 e. The Bertz CT molecular complexity index is 1150. The van der Waals surface area contributed by atoms with Crippen molar-refractivity contribution in [3.05, 3.63) is 82.6 Å². The molecule has 5 heteroatoms. The molecule has 0 amide bonds. The van der Waals surface area contributed by atoms with Gasteiger partial charge in [-0.25, -0.2) is 0 Å². The molecule has 0 radical (unpaired) electrons. The van der Waals surface area contributed by atoms with E-state index in [1.807, 2.05) is 25.3 Å². The summed E-state index contributed by atoms with van der Waals surface area (Å²) in [5.74, 6) is 1.21. The number of nitrogens with one attached hydrogen (secondary N) is 1. The molecular formula is C27H37N3OS. The van der Waals surface area contributed by atoms with Crippen molar-refractivity contribution < 1.29 is 5.11 Å². The van der Waals surface area contributed by atoms with E-state index in [0.29, 0.717) is 10.5 Å². The molecule has 32 heavy (non-hydrogen) atoms. The Kier molecular flexibility index (Phi) is 11.4. The number of allylic oxidation sites excluding steroid dienone is 5. The summed E-state index contributed by atoms with van der Waals surface area (Å²) in [4.78, 5) is 0. The second kappa shape index (κ2) is 13.5. The normalized spacial score (nSPS) is 11.3. The van der Waals surface area contributed by atoms with Crippen molar-refractivity contribution >= 4 is 28.6 Å². The lowest BCUT2D eigenvalue weighted by Crippen LogP contribution is -2.01. The van der Waals surface area contributed by atoms with E-state index >= 15 is 0 Å². The van der Waals surface area contributed by atoms with Gasteiger partial charge in [0, 0.05) is 5.39 Å². The van der Waals surface area contributed by atoms with Crippen molar-refractivity contribution in [2.24, 2.45) is 0 Å². The van der Waals surface area contributed by atoms with E-state index in [2.05, 4.69) is 73.1 Å². The van der Waals surface area contributed by atoms with Gasteiger partial charge in [-0.3, -0.25) is 9.67 Å².